The van der Waals surface area contributed by atoms with Gasteiger partial charge < -0.3 is 15.4 Å². The number of piperidine rings is 1. The fourth-order valence-electron chi connectivity index (χ4n) is 2.78. The minimum absolute atomic E-state index is 0.309. The van der Waals surface area contributed by atoms with Crippen LogP contribution in [0, 0.1) is 5.92 Å². The van der Waals surface area contributed by atoms with Crippen molar-refractivity contribution >= 4 is 5.97 Å². The van der Waals surface area contributed by atoms with Crippen LogP contribution in [0.25, 0.3) is 0 Å². The molecule has 0 aromatic rings. The summed E-state index contributed by atoms with van der Waals surface area (Å²) in [5, 5.41) is 0. The van der Waals surface area contributed by atoms with Crippen molar-refractivity contribution in [2.75, 3.05) is 26.7 Å². The maximum atomic E-state index is 11.4. The number of rotatable bonds is 7. The highest BCUT2D eigenvalue weighted by Crippen LogP contribution is 2.20. The Kier molecular flexibility index (Phi) is 6.80. The number of unbranched alkanes of at least 4 members (excludes halogenated alkanes) is 1. The van der Waals surface area contributed by atoms with Crippen LogP contribution in [0.3, 0.4) is 0 Å². The first-order valence-corrected chi connectivity index (χ1v) is 7.59. The Labute approximate surface area is 117 Å². The van der Waals surface area contributed by atoms with Crippen LogP contribution in [-0.4, -0.2) is 43.2 Å². The highest BCUT2D eigenvalue weighted by Gasteiger charge is 2.28. The SMILES string of the molecule is CCC1CCN(CCCCC(C)(N)C(=O)OC)CC1. The second-order valence-electron chi connectivity index (χ2n) is 6.06. The van der Waals surface area contributed by atoms with E-state index in [4.69, 9.17) is 10.5 Å². The molecule has 0 radical (unpaired) electrons. The van der Waals surface area contributed by atoms with E-state index in [-0.39, 0.29) is 5.97 Å². The summed E-state index contributed by atoms with van der Waals surface area (Å²) in [6.07, 6.45) is 6.79. The fraction of sp³-hybridized carbons (Fsp3) is 0.933. The Morgan fingerprint density at radius 1 is 1.37 bits per heavy atom. The maximum Gasteiger partial charge on any atom is 0.325 e. The number of hydrogen-bond donors (Lipinski definition) is 1. The molecular weight excluding hydrogens is 240 g/mol. The second kappa shape index (κ2) is 7.85. The van der Waals surface area contributed by atoms with E-state index in [0.717, 1.165) is 25.3 Å². The van der Waals surface area contributed by atoms with Crippen molar-refractivity contribution in [2.24, 2.45) is 11.7 Å². The Balaban J connectivity index is 2.13. The first-order valence-electron chi connectivity index (χ1n) is 7.59. The van der Waals surface area contributed by atoms with Crippen LogP contribution in [-0.2, 0) is 9.53 Å². The highest BCUT2D eigenvalue weighted by molar-refractivity contribution is 5.79. The lowest BCUT2D eigenvalue weighted by molar-refractivity contribution is -0.146. The largest absolute Gasteiger partial charge is 0.468 e. The monoisotopic (exact) mass is 270 g/mol. The van der Waals surface area contributed by atoms with Gasteiger partial charge in [-0.3, -0.25) is 4.79 Å². The summed E-state index contributed by atoms with van der Waals surface area (Å²) in [6, 6.07) is 0. The molecule has 1 fully saturated rings. The second-order valence-corrected chi connectivity index (χ2v) is 6.06. The molecule has 1 aliphatic heterocycles. The van der Waals surface area contributed by atoms with Gasteiger partial charge in [-0.25, -0.2) is 0 Å². The van der Waals surface area contributed by atoms with E-state index in [2.05, 4.69) is 11.8 Å². The van der Waals surface area contributed by atoms with Gasteiger partial charge in [-0.05, 0) is 64.6 Å². The maximum absolute atomic E-state index is 11.4. The predicted octanol–water partition coefficient (Wildman–Crippen LogP) is 2.17. The molecule has 1 rings (SSSR count). The molecule has 112 valence electrons. The minimum Gasteiger partial charge on any atom is -0.468 e. The Bertz CT molecular complexity index is 271. The number of carbonyl (C=O) groups excluding carboxylic acids is 1. The molecule has 0 spiro atoms. The van der Waals surface area contributed by atoms with Crippen LogP contribution in [0.2, 0.25) is 0 Å². The van der Waals surface area contributed by atoms with Crippen molar-refractivity contribution in [3.8, 4) is 0 Å². The van der Waals surface area contributed by atoms with Gasteiger partial charge in [-0.1, -0.05) is 13.3 Å². The van der Waals surface area contributed by atoms with E-state index in [9.17, 15) is 4.79 Å². The van der Waals surface area contributed by atoms with Gasteiger partial charge in [0.05, 0.1) is 7.11 Å². The molecule has 1 atom stereocenters. The number of ether oxygens (including phenoxy) is 1. The number of methoxy groups -OCH3 is 1. The molecule has 1 heterocycles. The molecule has 4 heteroatoms. The zero-order chi connectivity index (χ0) is 14.3. The highest BCUT2D eigenvalue weighted by atomic mass is 16.5. The molecule has 0 amide bonds. The normalized spacial score (nSPS) is 21.1. The van der Waals surface area contributed by atoms with Gasteiger partial charge in [-0.15, -0.1) is 0 Å². The molecule has 0 bridgehead atoms. The van der Waals surface area contributed by atoms with Gasteiger partial charge in [0, 0.05) is 0 Å². The topological polar surface area (TPSA) is 55.6 Å². The van der Waals surface area contributed by atoms with Gasteiger partial charge in [0.15, 0.2) is 0 Å². The van der Waals surface area contributed by atoms with Gasteiger partial charge >= 0.3 is 5.97 Å². The summed E-state index contributed by atoms with van der Waals surface area (Å²) < 4.78 is 4.71. The number of nitrogens with two attached hydrogens (primary N) is 1. The number of hydrogen-bond acceptors (Lipinski definition) is 4. The molecular formula is C15H30N2O2. The van der Waals surface area contributed by atoms with E-state index in [1.165, 1.54) is 39.5 Å². The quantitative estimate of drug-likeness (QED) is 0.569. The lowest BCUT2D eigenvalue weighted by Gasteiger charge is -2.31. The molecule has 1 unspecified atom stereocenters. The van der Waals surface area contributed by atoms with Crippen molar-refractivity contribution in [3.63, 3.8) is 0 Å². The molecule has 2 N–H and O–H groups in total. The number of carbonyl (C=O) groups is 1. The van der Waals surface area contributed by atoms with Crippen LogP contribution >= 0.6 is 0 Å². The molecule has 4 nitrogen and oxygen atoms in total. The standard InChI is InChI=1S/C15H30N2O2/c1-4-13-7-11-17(12-8-13)10-6-5-9-15(2,16)14(18)19-3/h13H,4-12,16H2,1-3H3. The van der Waals surface area contributed by atoms with Crippen molar-refractivity contribution in [1.82, 2.24) is 4.90 Å². The van der Waals surface area contributed by atoms with E-state index >= 15 is 0 Å². The third kappa shape index (κ3) is 5.49. The Hall–Kier alpha value is -0.610. The lowest BCUT2D eigenvalue weighted by Crippen LogP contribution is -2.45. The van der Waals surface area contributed by atoms with Crippen molar-refractivity contribution < 1.29 is 9.53 Å². The molecule has 1 saturated heterocycles. The average molecular weight is 270 g/mol. The van der Waals surface area contributed by atoms with E-state index in [1.807, 2.05) is 0 Å². The summed E-state index contributed by atoms with van der Waals surface area (Å²) in [7, 11) is 1.39. The number of esters is 1. The average Bonchev–Trinajstić information content (AvgIpc) is 2.43. The number of nitrogens with zero attached hydrogens (tertiary/aromatic N) is 1. The van der Waals surface area contributed by atoms with Gasteiger partial charge in [0.2, 0.25) is 0 Å². The van der Waals surface area contributed by atoms with E-state index in [1.54, 1.807) is 6.92 Å². The van der Waals surface area contributed by atoms with Crippen LogP contribution in [0.4, 0.5) is 0 Å². The predicted molar refractivity (Wildman–Crippen MR) is 77.9 cm³/mol. The molecule has 19 heavy (non-hydrogen) atoms. The fourth-order valence-corrected chi connectivity index (χ4v) is 2.78. The minimum atomic E-state index is -0.829. The Morgan fingerprint density at radius 2 is 2.00 bits per heavy atom. The summed E-state index contributed by atoms with van der Waals surface area (Å²) in [5.74, 6) is 0.624. The van der Waals surface area contributed by atoms with E-state index < -0.39 is 5.54 Å². The third-order valence-corrected chi connectivity index (χ3v) is 4.36. The molecule has 0 aromatic carbocycles. The van der Waals surface area contributed by atoms with Crippen molar-refractivity contribution in [2.45, 2.75) is 57.9 Å². The van der Waals surface area contributed by atoms with Crippen LogP contribution in [0.5, 0.6) is 0 Å². The zero-order valence-corrected chi connectivity index (χ0v) is 12.8. The first kappa shape index (κ1) is 16.4. The zero-order valence-electron chi connectivity index (χ0n) is 12.8. The lowest BCUT2D eigenvalue weighted by atomic mass is 9.93. The van der Waals surface area contributed by atoms with Gasteiger partial charge in [0.25, 0.3) is 0 Å². The smallest absolute Gasteiger partial charge is 0.325 e. The van der Waals surface area contributed by atoms with E-state index in [0.29, 0.717) is 6.42 Å². The van der Waals surface area contributed by atoms with Crippen molar-refractivity contribution in [1.29, 1.82) is 0 Å². The summed E-state index contributed by atoms with van der Waals surface area (Å²) >= 11 is 0. The van der Waals surface area contributed by atoms with Crippen LogP contribution in [0.1, 0.15) is 52.4 Å². The molecule has 0 saturated carbocycles. The Morgan fingerprint density at radius 3 is 2.53 bits per heavy atom. The molecule has 1 aliphatic rings. The molecule has 0 aliphatic carbocycles. The summed E-state index contributed by atoms with van der Waals surface area (Å²) in [5.41, 5.74) is 5.11. The van der Waals surface area contributed by atoms with Crippen LogP contribution in [0.15, 0.2) is 0 Å². The van der Waals surface area contributed by atoms with Crippen LogP contribution < -0.4 is 5.73 Å². The van der Waals surface area contributed by atoms with Crippen molar-refractivity contribution in [3.05, 3.63) is 0 Å². The first-order chi connectivity index (χ1) is 8.99. The molecule has 0 aromatic heterocycles. The van der Waals surface area contributed by atoms with Gasteiger partial charge in [0.1, 0.15) is 5.54 Å². The summed E-state index contributed by atoms with van der Waals surface area (Å²) in [4.78, 5) is 14.0. The summed E-state index contributed by atoms with van der Waals surface area (Å²) in [6.45, 7) is 7.64. The van der Waals surface area contributed by atoms with Gasteiger partial charge in [-0.2, -0.15) is 0 Å². The number of likely N-dealkylation sites (tertiary alicyclic amines) is 1. The third-order valence-electron chi connectivity index (χ3n) is 4.36.